The number of anilines is 2. The average molecular weight is 322 g/mol. The van der Waals surface area contributed by atoms with Gasteiger partial charge in [0.1, 0.15) is 5.69 Å². The van der Waals surface area contributed by atoms with E-state index in [9.17, 15) is 4.79 Å². The highest BCUT2D eigenvalue weighted by Crippen LogP contribution is 2.10. The van der Waals surface area contributed by atoms with Gasteiger partial charge in [0.25, 0.3) is 5.91 Å². The van der Waals surface area contributed by atoms with E-state index in [1.165, 1.54) is 0 Å². The van der Waals surface area contributed by atoms with Gasteiger partial charge in [0.2, 0.25) is 5.96 Å². The zero-order valence-corrected chi connectivity index (χ0v) is 11.4. The first kappa shape index (κ1) is 13.2. The van der Waals surface area contributed by atoms with Crippen molar-refractivity contribution in [2.45, 2.75) is 0 Å². The van der Waals surface area contributed by atoms with Crippen molar-refractivity contribution in [3.05, 3.63) is 48.3 Å². The number of benzene rings is 1. The molecule has 2 aromatic rings. The predicted octanol–water partition coefficient (Wildman–Crippen LogP) is 2.10. The van der Waals surface area contributed by atoms with E-state index >= 15 is 0 Å². The summed E-state index contributed by atoms with van der Waals surface area (Å²) in [6.07, 6.45) is 1.67. The minimum absolute atomic E-state index is 0.282. The van der Waals surface area contributed by atoms with Gasteiger partial charge in [-0.3, -0.25) is 10.1 Å². The van der Waals surface area contributed by atoms with Gasteiger partial charge in [-0.25, -0.2) is 0 Å². The molecule has 0 saturated heterocycles. The summed E-state index contributed by atoms with van der Waals surface area (Å²) in [5.74, 6) is -0.00415. The molecule has 0 atom stereocenters. The quantitative estimate of drug-likeness (QED) is 0.387. The third kappa shape index (κ3) is 3.59. The molecular formula is C12H12BrN5O. The summed E-state index contributed by atoms with van der Waals surface area (Å²) in [6.45, 7) is 0. The topological polar surface area (TPSA) is 95.3 Å². The van der Waals surface area contributed by atoms with Gasteiger partial charge in [-0.05, 0) is 36.4 Å². The number of hydrogen-bond acceptors (Lipinski definition) is 3. The number of nitrogens with two attached hydrogens (primary N) is 1. The molecule has 0 aliphatic rings. The second-order valence-electron chi connectivity index (χ2n) is 3.72. The maximum Gasteiger partial charge on any atom is 0.274 e. The van der Waals surface area contributed by atoms with E-state index in [0.29, 0.717) is 11.4 Å². The Bertz CT molecular complexity index is 577. The molecule has 0 aliphatic carbocycles. The van der Waals surface area contributed by atoms with E-state index in [4.69, 9.17) is 5.73 Å². The number of rotatable bonds is 2. The van der Waals surface area contributed by atoms with Crippen LogP contribution in [0.2, 0.25) is 0 Å². The summed E-state index contributed by atoms with van der Waals surface area (Å²) in [4.78, 5) is 14.6. The number of guanidine groups is 1. The minimum atomic E-state index is -0.286. The third-order valence-corrected chi connectivity index (χ3v) is 2.69. The van der Waals surface area contributed by atoms with E-state index in [-0.39, 0.29) is 11.9 Å². The molecule has 0 aliphatic heterocycles. The zero-order chi connectivity index (χ0) is 13.7. The molecule has 0 fully saturated rings. The SMILES string of the molecule is Nc1ccc(N/C(=N\Br)NC(=O)c2ccc[nH]2)cc1. The van der Waals surface area contributed by atoms with Crippen molar-refractivity contribution >= 4 is 39.4 Å². The summed E-state index contributed by atoms with van der Waals surface area (Å²) in [6, 6.07) is 10.5. The number of amides is 1. The molecule has 0 saturated carbocycles. The monoisotopic (exact) mass is 321 g/mol. The Hall–Kier alpha value is -2.28. The fourth-order valence-electron chi connectivity index (χ4n) is 1.42. The summed E-state index contributed by atoms with van der Waals surface area (Å²) in [5.41, 5.74) is 7.47. The highest BCUT2D eigenvalue weighted by atomic mass is 79.9. The fraction of sp³-hybridized carbons (Fsp3) is 0. The average Bonchev–Trinajstić information content (AvgIpc) is 2.94. The maximum absolute atomic E-state index is 11.8. The molecule has 98 valence electrons. The van der Waals surface area contributed by atoms with Crippen LogP contribution in [0.4, 0.5) is 11.4 Å². The van der Waals surface area contributed by atoms with E-state index in [1.54, 1.807) is 42.6 Å². The van der Waals surface area contributed by atoms with E-state index < -0.39 is 0 Å². The molecule has 5 N–H and O–H groups in total. The Balaban J connectivity index is 2.01. The Morgan fingerprint density at radius 1 is 1.26 bits per heavy atom. The fourth-order valence-corrected chi connectivity index (χ4v) is 1.60. The highest BCUT2D eigenvalue weighted by Gasteiger charge is 2.09. The van der Waals surface area contributed by atoms with Crippen LogP contribution in [0.25, 0.3) is 0 Å². The van der Waals surface area contributed by atoms with E-state index in [0.717, 1.165) is 5.69 Å². The van der Waals surface area contributed by atoms with Crippen LogP contribution >= 0.6 is 16.1 Å². The Morgan fingerprint density at radius 2 is 2.00 bits per heavy atom. The number of hydrogen-bond donors (Lipinski definition) is 4. The molecule has 2 rings (SSSR count). The molecule has 0 radical (unpaired) electrons. The van der Waals surface area contributed by atoms with E-state index in [2.05, 4.69) is 35.8 Å². The van der Waals surface area contributed by atoms with Crippen molar-refractivity contribution in [3.63, 3.8) is 0 Å². The lowest BCUT2D eigenvalue weighted by molar-refractivity contribution is 0.0973. The van der Waals surface area contributed by atoms with Gasteiger partial charge in [0.05, 0.1) is 16.1 Å². The first-order valence-corrected chi connectivity index (χ1v) is 6.16. The van der Waals surface area contributed by atoms with Gasteiger partial charge >= 0.3 is 0 Å². The summed E-state index contributed by atoms with van der Waals surface area (Å²) < 4.78 is 3.80. The van der Waals surface area contributed by atoms with Crippen LogP contribution in [-0.4, -0.2) is 16.9 Å². The van der Waals surface area contributed by atoms with Crippen LogP contribution in [-0.2, 0) is 0 Å². The minimum Gasteiger partial charge on any atom is -0.399 e. The van der Waals surface area contributed by atoms with Crippen LogP contribution in [0.1, 0.15) is 10.5 Å². The second kappa shape index (κ2) is 6.05. The zero-order valence-electron chi connectivity index (χ0n) is 9.85. The summed E-state index contributed by atoms with van der Waals surface area (Å²) >= 11 is 2.96. The lowest BCUT2D eigenvalue weighted by Gasteiger charge is -2.09. The van der Waals surface area contributed by atoms with Crippen molar-refractivity contribution in [3.8, 4) is 0 Å². The molecule has 19 heavy (non-hydrogen) atoms. The lowest BCUT2D eigenvalue weighted by atomic mass is 10.3. The number of carbonyl (C=O) groups is 1. The van der Waals surface area contributed by atoms with Gasteiger partial charge in [0.15, 0.2) is 0 Å². The second-order valence-corrected chi connectivity index (χ2v) is 4.07. The molecule has 1 aromatic heterocycles. The molecule has 1 amide bonds. The van der Waals surface area contributed by atoms with Gasteiger partial charge < -0.3 is 16.0 Å². The summed E-state index contributed by atoms with van der Waals surface area (Å²) in [7, 11) is 0. The highest BCUT2D eigenvalue weighted by molar-refractivity contribution is 9.08. The Morgan fingerprint density at radius 3 is 2.58 bits per heavy atom. The van der Waals surface area contributed by atoms with Crippen molar-refractivity contribution in [2.24, 2.45) is 4.02 Å². The number of nitrogen functional groups attached to an aromatic ring is 1. The predicted molar refractivity (Wildman–Crippen MR) is 79.1 cm³/mol. The Labute approximate surface area is 118 Å². The molecule has 1 aromatic carbocycles. The number of nitrogens with zero attached hydrogens (tertiary/aromatic N) is 1. The number of nitrogens with one attached hydrogen (secondary N) is 3. The van der Waals surface area contributed by atoms with Crippen molar-refractivity contribution in [1.82, 2.24) is 10.3 Å². The van der Waals surface area contributed by atoms with Crippen molar-refractivity contribution in [2.75, 3.05) is 11.1 Å². The van der Waals surface area contributed by atoms with Gasteiger partial charge in [-0.15, -0.1) is 0 Å². The number of halogens is 1. The molecular weight excluding hydrogens is 310 g/mol. The van der Waals surface area contributed by atoms with Gasteiger partial charge in [0, 0.05) is 17.6 Å². The number of aromatic amines is 1. The molecule has 6 nitrogen and oxygen atoms in total. The normalized spacial score (nSPS) is 11.1. The van der Waals surface area contributed by atoms with Crippen molar-refractivity contribution < 1.29 is 4.79 Å². The Kier molecular flexibility index (Phi) is 4.19. The largest absolute Gasteiger partial charge is 0.399 e. The van der Waals surface area contributed by atoms with Crippen LogP contribution in [0.15, 0.2) is 46.6 Å². The summed E-state index contributed by atoms with van der Waals surface area (Å²) in [5, 5.41) is 5.57. The van der Waals surface area contributed by atoms with Crippen LogP contribution < -0.4 is 16.4 Å². The number of carbonyl (C=O) groups excluding carboxylic acids is 1. The van der Waals surface area contributed by atoms with Crippen LogP contribution in [0.5, 0.6) is 0 Å². The van der Waals surface area contributed by atoms with Crippen LogP contribution in [0, 0.1) is 0 Å². The van der Waals surface area contributed by atoms with Crippen molar-refractivity contribution in [1.29, 1.82) is 0 Å². The first-order valence-electron chi connectivity index (χ1n) is 5.45. The third-order valence-electron chi connectivity index (χ3n) is 2.33. The molecule has 0 bridgehead atoms. The molecule has 0 spiro atoms. The van der Waals surface area contributed by atoms with E-state index in [1.807, 2.05) is 0 Å². The maximum atomic E-state index is 11.8. The standard InChI is InChI=1S/C12H12BrN5O/c13-18-12(16-9-5-3-8(14)4-6-9)17-11(19)10-2-1-7-15-10/h1-7,15H,14H2,(H2,16,17,18,19). The molecule has 0 unspecified atom stereocenters. The van der Waals surface area contributed by atoms with Gasteiger partial charge in [-0.2, -0.15) is 4.02 Å². The van der Waals surface area contributed by atoms with Crippen LogP contribution in [0.3, 0.4) is 0 Å². The lowest BCUT2D eigenvalue weighted by Crippen LogP contribution is -2.35. The number of aromatic nitrogens is 1. The number of H-pyrrole nitrogens is 1. The first-order chi connectivity index (χ1) is 9.19. The smallest absolute Gasteiger partial charge is 0.274 e. The molecule has 1 heterocycles. The van der Waals surface area contributed by atoms with Gasteiger partial charge in [-0.1, -0.05) is 0 Å². The molecule has 7 heteroatoms.